The number of aliphatic hydroxyl groups excluding tert-OH is 1. The van der Waals surface area contributed by atoms with E-state index in [1.165, 1.54) is 6.07 Å². The fourth-order valence-corrected chi connectivity index (χ4v) is 0.654. The first-order valence-corrected chi connectivity index (χ1v) is 3.00. The molecule has 1 unspecified atom stereocenters. The molecular formula is C6H7F2NO2. The van der Waals surface area contributed by atoms with Gasteiger partial charge in [-0.1, -0.05) is 5.16 Å². The quantitative estimate of drug-likeness (QED) is 0.714. The molecule has 3 nitrogen and oxygen atoms in total. The number of nitrogens with zero attached hydrogens (tertiary/aromatic N) is 1. The van der Waals surface area contributed by atoms with Crippen LogP contribution in [0.2, 0.25) is 0 Å². The van der Waals surface area contributed by atoms with E-state index in [1.807, 2.05) is 0 Å². The summed E-state index contributed by atoms with van der Waals surface area (Å²) < 4.78 is 28.1. The zero-order valence-electron chi connectivity index (χ0n) is 5.79. The molecule has 0 saturated heterocycles. The molecule has 0 saturated carbocycles. The molecule has 0 aromatic carbocycles. The third-order valence-corrected chi connectivity index (χ3v) is 1.19. The van der Waals surface area contributed by atoms with Gasteiger partial charge >= 0.3 is 0 Å². The van der Waals surface area contributed by atoms with Gasteiger partial charge in [0, 0.05) is 6.07 Å². The van der Waals surface area contributed by atoms with Crippen molar-refractivity contribution in [2.45, 2.75) is 19.5 Å². The molecule has 1 rings (SSSR count). The van der Waals surface area contributed by atoms with Crippen molar-refractivity contribution >= 4 is 0 Å². The highest BCUT2D eigenvalue weighted by Gasteiger charge is 2.22. The van der Waals surface area contributed by atoms with E-state index in [1.54, 1.807) is 6.92 Å². The number of hydrogen-bond acceptors (Lipinski definition) is 3. The number of rotatable bonds is 2. The lowest BCUT2D eigenvalue weighted by molar-refractivity contribution is -0.00976. The summed E-state index contributed by atoms with van der Waals surface area (Å²) in [6.07, 6.45) is -4.66. The fraction of sp³-hybridized carbons (Fsp3) is 0.500. The van der Waals surface area contributed by atoms with Crippen molar-refractivity contribution in [3.8, 4) is 0 Å². The highest BCUT2D eigenvalue weighted by molar-refractivity contribution is 5.06. The number of alkyl halides is 2. The van der Waals surface area contributed by atoms with Crippen molar-refractivity contribution in [2.24, 2.45) is 0 Å². The third-order valence-electron chi connectivity index (χ3n) is 1.19. The third kappa shape index (κ3) is 1.74. The van der Waals surface area contributed by atoms with Crippen molar-refractivity contribution in [3.05, 3.63) is 17.5 Å². The summed E-state index contributed by atoms with van der Waals surface area (Å²) in [7, 11) is 0. The molecule has 0 radical (unpaired) electrons. The van der Waals surface area contributed by atoms with Gasteiger partial charge in [-0.25, -0.2) is 8.78 Å². The molecule has 11 heavy (non-hydrogen) atoms. The number of hydrogen-bond donors (Lipinski definition) is 1. The fourth-order valence-electron chi connectivity index (χ4n) is 0.654. The van der Waals surface area contributed by atoms with Crippen LogP contribution in [0.25, 0.3) is 0 Å². The Hall–Kier alpha value is -0.970. The Bertz CT molecular complexity index is 236. The predicted molar refractivity (Wildman–Crippen MR) is 32.2 cm³/mol. The van der Waals surface area contributed by atoms with Crippen LogP contribution in [0.15, 0.2) is 10.6 Å². The Morgan fingerprint density at radius 3 is 2.64 bits per heavy atom. The van der Waals surface area contributed by atoms with Gasteiger partial charge in [0.1, 0.15) is 11.5 Å². The van der Waals surface area contributed by atoms with Gasteiger partial charge in [-0.15, -0.1) is 0 Å². The molecule has 1 aromatic heterocycles. The Kier molecular flexibility index (Phi) is 2.19. The second kappa shape index (κ2) is 2.96. The molecule has 0 aliphatic rings. The smallest absolute Gasteiger partial charge is 0.269 e. The number of aryl methyl sites for hydroxylation is 1. The molecule has 0 amide bonds. The Balaban J connectivity index is 2.76. The van der Waals surface area contributed by atoms with Gasteiger partial charge in [0.25, 0.3) is 6.43 Å². The lowest BCUT2D eigenvalue weighted by Crippen LogP contribution is -2.07. The van der Waals surface area contributed by atoms with Crippen molar-refractivity contribution < 1.29 is 18.4 Å². The lowest BCUT2D eigenvalue weighted by Gasteiger charge is -2.02. The molecule has 5 heteroatoms. The summed E-state index contributed by atoms with van der Waals surface area (Å²) in [6, 6.07) is 1.27. The van der Waals surface area contributed by atoms with Crippen molar-refractivity contribution in [1.82, 2.24) is 5.16 Å². The summed E-state index contributed by atoms with van der Waals surface area (Å²) in [5, 5.41) is 12.0. The van der Waals surface area contributed by atoms with Crippen LogP contribution < -0.4 is 0 Å². The first-order valence-electron chi connectivity index (χ1n) is 3.00. The maximum atomic E-state index is 11.8. The molecule has 1 N–H and O–H groups in total. The van der Waals surface area contributed by atoms with Crippen LogP contribution in [-0.4, -0.2) is 16.7 Å². The van der Waals surface area contributed by atoms with E-state index in [2.05, 4.69) is 9.68 Å². The van der Waals surface area contributed by atoms with Crippen molar-refractivity contribution in [3.63, 3.8) is 0 Å². The second-order valence-corrected chi connectivity index (χ2v) is 2.14. The summed E-state index contributed by atoms with van der Waals surface area (Å²) in [4.78, 5) is 0. The minimum Gasteiger partial charge on any atom is -0.381 e. The van der Waals surface area contributed by atoms with E-state index in [4.69, 9.17) is 5.11 Å². The lowest BCUT2D eigenvalue weighted by atomic mass is 10.2. The zero-order chi connectivity index (χ0) is 8.43. The standard InChI is InChI=1S/C6H7F2NO2/c1-3-2-4(9-11-3)5(10)6(7)8/h2,5-6,10H,1H3. The highest BCUT2D eigenvalue weighted by Crippen LogP contribution is 2.19. The summed E-state index contributed by atoms with van der Waals surface area (Å²) >= 11 is 0. The van der Waals surface area contributed by atoms with E-state index in [0.29, 0.717) is 5.76 Å². The topological polar surface area (TPSA) is 46.3 Å². The predicted octanol–water partition coefficient (Wildman–Crippen LogP) is 1.28. The molecule has 0 aliphatic carbocycles. The van der Waals surface area contributed by atoms with E-state index >= 15 is 0 Å². The van der Waals surface area contributed by atoms with Gasteiger partial charge in [0.15, 0.2) is 6.10 Å². The van der Waals surface area contributed by atoms with E-state index < -0.39 is 12.5 Å². The minimum absolute atomic E-state index is 0.127. The van der Waals surface area contributed by atoms with Crippen LogP contribution in [0.3, 0.4) is 0 Å². The molecular weight excluding hydrogens is 156 g/mol. The largest absolute Gasteiger partial charge is 0.381 e. The molecule has 1 aromatic rings. The van der Waals surface area contributed by atoms with Gasteiger partial charge in [0.2, 0.25) is 0 Å². The number of halogens is 2. The van der Waals surface area contributed by atoms with E-state index in [9.17, 15) is 8.78 Å². The summed E-state index contributed by atoms with van der Waals surface area (Å²) in [5.41, 5.74) is -0.127. The van der Waals surface area contributed by atoms with E-state index in [0.717, 1.165) is 0 Å². The molecule has 1 atom stereocenters. The van der Waals surface area contributed by atoms with Crippen molar-refractivity contribution in [1.29, 1.82) is 0 Å². The maximum Gasteiger partial charge on any atom is 0.269 e. The van der Waals surface area contributed by atoms with Crippen LogP contribution in [0.5, 0.6) is 0 Å². The van der Waals surface area contributed by atoms with Gasteiger partial charge < -0.3 is 9.63 Å². The van der Waals surface area contributed by atoms with Crippen molar-refractivity contribution in [2.75, 3.05) is 0 Å². The molecule has 0 spiro atoms. The maximum absolute atomic E-state index is 11.8. The average Bonchev–Trinajstić information content (AvgIpc) is 2.34. The number of aromatic nitrogens is 1. The first kappa shape index (κ1) is 8.13. The Morgan fingerprint density at radius 2 is 2.27 bits per heavy atom. The van der Waals surface area contributed by atoms with Crippen LogP contribution in [0.1, 0.15) is 17.6 Å². The summed E-state index contributed by atoms with van der Waals surface area (Å²) in [6.45, 7) is 1.56. The highest BCUT2D eigenvalue weighted by atomic mass is 19.3. The molecule has 1 heterocycles. The molecule has 62 valence electrons. The van der Waals surface area contributed by atoms with Crippen LogP contribution in [0.4, 0.5) is 8.78 Å². The number of aliphatic hydroxyl groups is 1. The first-order chi connectivity index (χ1) is 5.11. The van der Waals surface area contributed by atoms with Gasteiger partial charge in [-0.2, -0.15) is 0 Å². The monoisotopic (exact) mass is 163 g/mol. The molecule has 0 aliphatic heterocycles. The SMILES string of the molecule is Cc1cc(C(O)C(F)F)no1. The van der Waals surface area contributed by atoms with Gasteiger partial charge in [-0.05, 0) is 6.92 Å². The van der Waals surface area contributed by atoms with Gasteiger partial charge in [-0.3, -0.25) is 0 Å². The second-order valence-electron chi connectivity index (χ2n) is 2.14. The molecule has 0 fully saturated rings. The normalized spacial score (nSPS) is 13.9. The average molecular weight is 163 g/mol. The minimum atomic E-state index is -2.82. The van der Waals surface area contributed by atoms with Crippen LogP contribution >= 0.6 is 0 Å². The van der Waals surface area contributed by atoms with Crippen LogP contribution in [-0.2, 0) is 0 Å². The Morgan fingerprint density at radius 1 is 1.64 bits per heavy atom. The molecule has 0 bridgehead atoms. The van der Waals surface area contributed by atoms with Crippen LogP contribution in [0, 0.1) is 6.92 Å². The Labute approximate surface area is 61.6 Å². The summed E-state index contributed by atoms with van der Waals surface area (Å²) in [5.74, 6) is 0.403. The van der Waals surface area contributed by atoms with Gasteiger partial charge in [0.05, 0.1) is 0 Å². The zero-order valence-corrected chi connectivity index (χ0v) is 5.79. The van der Waals surface area contributed by atoms with E-state index in [-0.39, 0.29) is 5.69 Å².